The second-order valence-electron chi connectivity index (χ2n) is 4.67. The van der Waals surface area contributed by atoms with Gasteiger partial charge < -0.3 is 0 Å². The van der Waals surface area contributed by atoms with Crippen LogP contribution < -0.4 is 0 Å². The van der Waals surface area contributed by atoms with E-state index < -0.39 is 0 Å². The second kappa shape index (κ2) is 6.20. The predicted molar refractivity (Wildman–Crippen MR) is 79.9 cm³/mol. The first-order valence-electron chi connectivity index (χ1n) is 5.75. The number of benzene rings is 1. The van der Waals surface area contributed by atoms with Gasteiger partial charge in [0.25, 0.3) is 0 Å². The molecule has 0 radical (unpaired) electrons. The van der Waals surface area contributed by atoms with E-state index >= 15 is 0 Å². The average Bonchev–Trinajstić information content (AvgIpc) is 2.30. The Morgan fingerprint density at radius 1 is 1.06 bits per heavy atom. The summed E-state index contributed by atoms with van der Waals surface area (Å²) in [6.45, 7) is 6.70. The van der Waals surface area contributed by atoms with Gasteiger partial charge in [-0.2, -0.15) is 0 Å². The van der Waals surface area contributed by atoms with Crippen LogP contribution in [0.15, 0.2) is 18.2 Å². The standard InChI is InChI=1S/C14H20Br2/c1-4-14(9-15,10-16)8-13-11(2)6-5-7-12(13)3/h5-7H,4,8-10H2,1-3H3. The highest BCUT2D eigenvalue weighted by Gasteiger charge is 2.27. The normalized spacial score (nSPS) is 11.8. The monoisotopic (exact) mass is 346 g/mol. The van der Waals surface area contributed by atoms with Crippen LogP contribution in [0.4, 0.5) is 0 Å². The molecule has 0 amide bonds. The first-order valence-corrected chi connectivity index (χ1v) is 8.00. The molecule has 0 bridgehead atoms. The Kier molecular flexibility index (Phi) is 5.52. The zero-order valence-electron chi connectivity index (χ0n) is 10.3. The molecule has 0 aliphatic carbocycles. The zero-order valence-corrected chi connectivity index (χ0v) is 13.5. The fraction of sp³-hybridized carbons (Fsp3) is 0.571. The lowest BCUT2D eigenvalue weighted by molar-refractivity contribution is 0.372. The molecule has 0 N–H and O–H groups in total. The van der Waals surface area contributed by atoms with Gasteiger partial charge in [0.05, 0.1) is 0 Å². The van der Waals surface area contributed by atoms with Gasteiger partial charge in [-0.3, -0.25) is 0 Å². The molecule has 0 saturated heterocycles. The highest BCUT2D eigenvalue weighted by atomic mass is 79.9. The van der Waals surface area contributed by atoms with Crippen LogP contribution in [0.5, 0.6) is 0 Å². The minimum atomic E-state index is 0.344. The largest absolute Gasteiger partial charge is 0.0922 e. The molecule has 1 aromatic carbocycles. The average molecular weight is 348 g/mol. The summed E-state index contributed by atoms with van der Waals surface area (Å²) in [6.07, 6.45) is 2.34. The molecule has 0 nitrogen and oxygen atoms in total. The summed E-state index contributed by atoms with van der Waals surface area (Å²) in [5.74, 6) is 0. The van der Waals surface area contributed by atoms with E-state index in [1.165, 1.54) is 23.1 Å². The van der Waals surface area contributed by atoms with E-state index in [1.807, 2.05) is 0 Å². The number of hydrogen-bond acceptors (Lipinski definition) is 0. The van der Waals surface area contributed by atoms with Crippen molar-refractivity contribution in [1.82, 2.24) is 0 Å². The summed E-state index contributed by atoms with van der Waals surface area (Å²) in [4.78, 5) is 0. The van der Waals surface area contributed by atoms with Crippen molar-refractivity contribution in [2.75, 3.05) is 10.7 Å². The molecule has 0 fully saturated rings. The molecule has 0 aliphatic heterocycles. The summed E-state index contributed by atoms with van der Waals surface area (Å²) in [5, 5.41) is 2.10. The smallest absolute Gasteiger partial charge is 0.00990 e. The maximum Gasteiger partial charge on any atom is 0.00990 e. The van der Waals surface area contributed by atoms with Crippen LogP contribution in [0.1, 0.15) is 30.0 Å². The van der Waals surface area contributed by atoms with Gasteiger partial charge in [-0.15, -0.1) is 0 Å². The number of rotatable bonds is 5. The van der Waals surface area contributed by atoms with Crippen molar-refractivity contribution in [1.29, 1.82) is 0 Å². The molecule has 1 aromatic rings. The first-order chi connectivity index (χ1) is 7.58. The molecular formula is C14H20Br2. The van der Waals surface area contributed by atoms with Crippen molar-refractivity contribution < 1.29 is 0 Å². The van der Waals surface area contributed by atoms with Gasteiger partial charge in [-0.05, 0) is 48.8 Å². The van der Waals surface area contributed by atoms with Crippen molar-refractivity contribution in [3.63, 3.8) is 0 Å². The van der Waals surface area contributed by atoms with Crippen LogP contribution in [-0.4, -0.2) is 10.7 Å². The maximum absolute atomic E-state index is 3.67. The highest BCUT2D eigenvalue weighted by molar-refractivity contribution is 9.09. The van der Waals surface area contributed by atoms with Crippen molar-refractivity contribution in [3.8, 4) is 0 Å². The van der Waals surface area contributed by atoms with Gasteiger partial charge >= 0.3 is 0 Å². The fourth-order valence-corrected chi connectivity index (χ4v) is 4.07. The molecule has 0 atom stereocenters. The number of halogens is 2. The fourth-order valence-electron chi connectivity index (χ4n) is 1.95. The van der Waals surface area contributed by atoms with Crippen LogP contribution >= 0.6 is 31.9 Å². The minimum Gasteiger partial charge on any atom is -0.0922 e. The first kappa shape index (κ1) is 14.2. The van der Waals surface area contributed by atoms with Gasteiger partial charge in [-0.1, -0.05) is 57.0 Å². The number of aryl methyl sites for hydroxylation is 2. The van der Waals surface area contributed by atoms with Gasteiger partial charge in [0.1, 0.15) is 0 Å². The molecule has 0 unspecified atom stereocenters. The Balaban J connectivity index is 3.02. The van der Waals surface area contributed by atoms with Crippen molar-refractivity contribution in [2.24, 2.45) is 5.41 Å². The topological polar surface area (TPSA) is 0 Å². The summed E-state index contributed by atoms with van der Waals surface area (Å²) < 4.78 is 0. The minimum absolute atomic E-state index is 0.344. The lowest BCUT2D eigenvalue weighted by Crippen LogP contribution is -2.27. The van der Waals surface area contributed by atoms with Gasteiger partial charge in [0.2, 0.25) is 0 Å². The van der Waals surface area contributed by atoms with Crippen LogP contribution in [0.2, 0.25) is 0 Å². The van der Waals surface area contributed by atoms with Gasteiger partial charge in [0, 0.05) is 10.7 Å². The Hall–Kier alpha value is 0.180. The number of alkyl halides is 2. The predicted octanol–water partition coefficient (Wildman–Crippen LogP) is 5.03. The Morgan fingerprint density at radius 3 is 1.94 bits per heavy atom. The van der Waals surface area contributed by atoms with Crippen LogP contribution in [0.25, 0.3) is 0 Å². The maximum atomic E-state index is 3.67. The third kappa shape index (κ3) is 3.10. The SMILES string of the molecule is CCC(CBr)(CBr)Cc1c(C)cccc1C. The van der Waals surface area contributed by atoms with E-state index in [1.54, 1.807) is 0 Å². The van der Waals surface area contributed by atoms with E-state index in [4.69, 9.17) is 0 Å². The van der Waals surface area contributed by atoms with E-state index in [2.05, 4.69) is 70.8 Å². The van der Waals surface area contributed by atoms with Gasteiger partial charge in [-0.25, -0.2) is 0 Å². The molecule has 1 rings (SSSR count). The molecule has 0 aliphatic rings. The summed E-state index contributed by atoms with van der Waals surface area (Å²) in [6, 6.07) is 6.57. The molecule has 0 spiro atoms. The van der Waals surface area contributed by atoms with Crippen molar-refractivity contribution in [3.05, 3.63) is 34.9 Å². The molecule has 90 valence electrons. The van der Waals surface area contributed by atoms with Crippen molar-refractivity contribution >= 4 is 31.9 Å². The van der Waals surface area contributed by atoms with E-state index in [0.29, 0.717) is 5.41 Å². The lowest BCUT2D eigenvalue weighted by atomic mass is 9.81. The summed E-state index contributed by atoms with van der Waals surface area (Å²) in [7, 11) is 0. The molecule has 0 heterocycles. The molecule has 0 saturated carbocycles. The quantitative estimate of drug-likeness (QED) is 0.655. The van der Waals surface area contributed by atoms with Crippen molar-refractivity contribution in [2.45, 2.75) is 33.6 Å². The Labute approximate surface area is 116 Å². The van der Waals surface area contributed by atoms with E-state index in [9.17, 15) is 0 Å². The third-order valence-electron chi connectivity index (χ3n) is 3.51. The van der Waals surface area contributed by atoms with Crippen LogP contribution in [0, 0.1) is 19.3 Å². The van der Waals surface area contributed by atoms with E-state index in [0.717, 1.165) is 17.1 Å². The highest BCUT2D eigenvalue weighted by Crippen LogP contribution is 2.33. The van der Waals surface area contributed by atoms with Crippen LogP contribution in [-0.2, 0) is 6.42 Å². The molecule has 0 aromatic heterocycles. The molecular weight excluding hydrogens is 328 g/mol. The Bertz CT molecular complexity index is 312. The lowest BCUT2D eigenvalue weighted by Gasteiger charge is -2.30. The molecule has 16 heavy (non-hydrogen) atoms. The summed E-state index contributed by atoms with van der Waals surface area (Å²) >= 11 is 7.34. The zero-order chi connectivity index (χ0) is 12.2. The van der Waals surface area contributed by atoms with Crippen LogP contribution in [0.3, 0.4) is 0 Å². The third-order valence-corrected chi connectivity index (χ3v) is 5.89. The summed E-state index contributed by atoms with van der Waals surface area (Å²) in [5.41, 5.74) is 4.69. The van der Waals surface area contributed by atoms with E-state index in [-0.39, 0.29) is 0 Å². The Morgan fingerprint density at radius 2 is 1.56 bits per heavy atom. The number of hydrogen-bond donors (Lipinski definition) is 0. The van der Waals surface area contributed by atoms with Gasteiger partial charge in [0.15, 0.2) is 0 Å². The second-order valence-corrected chi connectivity index (χ2v) is 5.79. The molecule has 2 heteroatoms.